The van der Waals surface area contributed by atoms with Crippen molar-refractivity contribution in [1.29, 1.82) is 5.41 Å². The molecule has 1 aromatic carbocycles. The van der Waals surface area contributed by atoms with E-state index < -0.39 is 0 Å². The highest BCUT2D eigenvalue weighted by molar-refractivity contribution is 5.98. The summed E-state index contributed by atoms with van der Waals surface area (Å²) in [5, 5.41) is 7.65. The fourth-order valence-corrected chi connectivity index (χ4v) is 2.01. The molecule has 19 heavy (non-hydrogen) atoms. The summed E-state index contributed by atoms with van der Waals surface area (Å²) in [6.45, 7) is 5.72. The number of aromatic nitrogens is 1. The van der Waals surface area contributed by atoms with Crippen molar-refractivity contribution in [3.8, 4) is 11.5 Å². The van der Waals surface area contributed by atoms with Crippen LogP contribution in [-0.4, -0.2) is 10.8 Å². The first kappa shape index (κ1) is 13.1. The van der Waals surface area contributed by atoms with E-state index in [9.17, 15) is 0 Å². The minimum absolute atomic E-state index is 0.0346. The molecule has 0 aliphatic carbocycles. The van der Waals surface area contributed by atoms with Crippen LogP contribution in [0.2, 0.25) is 0 Å². The minimum Gasteiger partial charge on any atom is -0.456 e. The number of hydrogen-bond donors (Lipinski definition) is 2. The Labute approximate surface area is 112 Å². The topological polar surface area (TPSA) is 72.0 Å². The molecule has 2 aromatic rings. The first-order valence-corrected chi connectivity index (χ1v) is 6.04. The van der Waals surface area contributed by atoms with Crippen LogP contribution in [0, 0.1) is 26.2 Å². The second-order valence-electron chi connectivity index (χ2n) is 4.55. The molecule has 4 nitrogen and oxygen atoms in total. The Balaban J connectivity index is 2.47. The molecular formula is C15H17N3O. The van der Waals surface area contributed by atoms with E-state index in [4.69, 9.17) is 15.9 Å². The molecule has 0 atom stereocenters. The van der Waals surface area contributed by atoms with Crippen molar-refractivity contribution in [3.63, 3.8) is 0 Å². The van der Waals surface area contributed by atoms with E-state index in [0.29, 0.717) is 17.0 Å². The van der Waals surface area contributed by atoms with Crippen molar-refractivity contribution < 1.29 is 4.74 Å². The fourth-order valence-electron chi connectivity index (χ4n) is 2.01. The Kier molecular flexibility index (Phi) is 3.51. The molecular weight excluding hydrogens is 238 g/mol. The SMILES string of the molecule is Cc1cccc(Oc2cc(C)nc(C)c2C(=N)N)c1. The van der Waals surface area contributed by atoms with Crippen LogP contribution >= 0.6 is 0 Å². The van der Waals surface area contributed by atoms with Crippen molar-refractivity contribution in [3.05, 3.63) is 52.8 Å². The molecule has 0 aliphatic heterocycles. The molecule has 0 amide bonds. The lowest BCUT2D eigenvalue weighted by atomic mass is 10.1. The quantitative estimate of drug-likeness (QED) is 0.654. The van der Waals surface area contributed by atoms with Crippen LogP contribution in [0.4, 0.5) is 0 Å². The molecule has 2 rings (SSSR count). The molecule has 98 valence electrons. The highest BCUT2D eigenvalue weighted by atomic mass is 16.5. The van der Waals surface area contributed by atoms with Crippen LogP contribution in [0.3, 0.4) is 0 Å². The zero-order chi connectivity index (χ0) is 14.0. The van der Waals surface area contributed by atoms with Crippen LogP contribution in [-0.2, 0) is 0 Å². The predicted octanol–water partition coefficient (Wildman–Crippen LogP) is 3.08. The number of pyridine rings is 1. The second-order valence-corrected chi connectivity index (χ2v) is 4.55. The minimum atomic E-state index is -0.0346. The van der Waals surface area contributed by atoms with Crippen molar-refractivity contribution >= 4 is 5.84 Å². The molecule has 1 heterocycles. The average Bonchev–Trinajstić information content (AvgIpc) is 2.26. The first-order chi connectivity index (χ1) is 8.97. The van der Waals surface area contributed by atoms with E-state index in [1.165, 1.54) is 0 Å². The van der Waals surface area contributed by atoms with E-state index in [2.05, 4.69) is 4.98 Å². The van der Waals surface area contributed by atoms with Gasteiger partial charge in [0.25, 0.3) is 0 Å². The smallest absolute Gasteiger partial charge is 0.141 e. The molecule has 0 unspecified atom stereocenters. The maximum Gasteiger partial charge on any atom is 0.141 e. The van der Waals surface area contributed by atoms with Gasteiger partial charge in [0, 0.05) is 11.8 Å². The molecule has 0 aliphatic rings. The maximum absolute atomic E-state index is 7.65. The Hall–Kier alpha value is -2.36. The third-order valence-corrected chi connectivity index (χ3v) is 2.78. The van der Waals surface area contributed by atoms with Gasteiger partial charge in [0.15, 0.2) is 0 Å². The molecule has 0 radical (unpaired) electrons. The zero-order valence-electron chi connectivity index (χ0n) is 11.3. The van der Waals surface area contributed by atoms with E-state index >= 15 is 0 Å². The zero-order valence-corrected chi connectivity index (χ0v) is 11.3. The van der Waals surface area contributed by atoms with Crippen LogP contribution in [0.15, 0.2) is 30.3 Å². The third-order valence-electron chi connectivity index (χ3n) is 2.78. The molecule has 1 aromatic heterocycles. The van der Waals surface area contributed by atoms with Crippen molar-refractivity contribution in [2.24, 2.45) is 5.73 Å². The molecule has 4 heteroatoms. The summed E-state index contributed by atoms with van der Waals surface area (Å²) in [5.74, 6) is 1.27. The lowest BCUT2D eigenvalue weighted by molar-refractivity contribution is 0.479. The van der Waals surface area contributed by atoms with Gasteiger partial charge in [-0.1, -0.05) is 12.1 Å². The summed E-state index contributed by atoms with van der Waals surface area (Å²) in [6, 6.07) is 9.55. The normalized spacial score (nSPS) is 10.3. The highest BCUT2D eigenvalue weighted by Gasteiger charge is 2.13. The Morgan fingerprint density at radius 3 is 2.58 bits per heavy atom. The summed E-state index contributed by atoms with van der Waals surface area (Å²) in [5.41, 5.74) is 8.82. The van der Waals surface area contributed by atoms with E-state index in [1.807, 2.05) is 45.0 Å². The lowest BCUT2D eigenvalue weighted by Crippen LogP contribution is -2.15. The average molecular weight is 255 g/mol. The van der Waals surface area contributed by atoms with Crippen LogP contribution in [0.5, 0.6) is 11.5 Å². The monoisotopic (exact) mass is 255 g/mol. The fraction of sp³-hybridized carbons (Fsp3) is 0.200. The van der Waals surface area contributed by atoms with Crippen LogP contribution in [0.25, 0.3) is 0 Å². The predicted molar refractivity (Wildman–Crippen MR) is 76.0 cm³/mol. The second kappa shape index (κ2) is 5.10. The maximum atomic E-state index is 7.65. The molecule has 0 saturated carbocycles. The first-order valence-electron chi connectivity index (χ1n) is 6.04. The van der Waals surface area contributed by atoms with Gasteiger partial charge in [-0.05, 0) is 38.5 Å². The van der Waals surface area contributed by atoms with Gasteiger partial charge in [0.05, 0.1) is 11.3 Å². The molecule has 3 N–H and O–H groups in total. The third kappa shape index (κ3) is 2.91. The summed E-state index contributed by atoms with van der Waals surface area (Å²) < 4.78 is 5.85. The van der Waals surface area contributed by atoms with Gasteiger partial charge in [-0.25, -0.2) is 0 Å². The van der Waals surface area contributed by atoms with Gasteiger partial charge in [-0.3, -0.25) is 10.4 Å². The van der Waals surface area contributed by atoms with Crippen molar-refractivity contribution in [1.82, 2.24) is 4.98 Å². The number of rotatable bonds is 3. The number of nitrogens with two attached hydrogens (primary N) is 1. The summed E-state index contributed by atoms with van der Waals surface area (Å²) in [6.07, 6.45) is 0. The number of hydrogen-bond acceptors (Lipinski definition) is 3. The number of nitrogens with one attached hydrogen (secondary N) is 1. The Bertz CT molecular complexity index is 635. The van der Waals surface area contributed by atoms with Gasteiger partial charge in [0.1, 0.15) is 17.3 Å². The number of benzene rings is 1. The van der Waals surface area contributed by atoms with Crippen LogP contribution < -0.4 is 10.5 Å². The van der Waals surface area contributed by atoms with E-state index in [1.54, 1.807) is 6.07 Å². The molecule has 0 spiro atoms. The van der Waals surface area contributed by atoms with E-state index in [-0.39, 0.29) is 5.84 Å². The van der Waals surface area contributed by atoms with Gasteiger partial charge in [-0.15, -0.1) is 0 Å². The Morgan fingerprint density at radius 1 is 1.21 bits per heavy atom. The largest absolute Gasteiger partial charge is 0.456 e. The molecule has 0 fully saturated rings. The summed E-state index contributed by atoms with van der Waals surface area (Å²) in [4.78, 5) is 4.31. The number of nitrogens with zero attached hydrogens (tertiary/aromatic N) is 1. The highest BCUT2D eigenvalue weighted by Crippen LogP contribution is 2.27. The number of aryl methyl sites for hydroxylation is 3. The standard InChI is InChI=1S/C15H17N3O/c1-9-5-4-6-12(7-9)19-13-8-10(2)18-11(3)14(13)15(16)17/h4-8H,1-3H3,(H3,16,17). The molecule has 0 bridgehead atoms. The van der Waals surface area contributed by atoms with Crippen molar-refractivity contribution in [2.75, 3.05) is 0 Å². The number of ether oxygens (including phenoxy) is 1. The lowest BCUT2D eigenvalue weighted by Gasteiger charge is -2.13. The summed E-state index contributed by atoms with van der Waals surface area (Å²) >= 11 is 0. The van der Waals surface area contributed by atoms with Gasteiger partial charge >= 0.3 is 0 Å². The Morgan fingerprint density at radius 2 is 1.95 bits per heavy atom. The molecule has 0 saturated heterocycles. The number of nitrogen functional groups attached to an aromatic ring is 1. The van der Waals surface area contributed by atoms with Crippen LogP contribution in [0.1, 0.15) is 22.5 Å². The number of amidine groups is 1. The van der Waals surface area contributed by atoms with Gasteiger partial charge in [-0.2, -0.15) is 0 Å². The van der Waals surface area contributed by atoms with Gasteiger partial charge in [0.2, 0.25) is 0 Å². The van der Waals surface area contributed by atoms with E-state index in [0.717, 1.165) is 17.0 Å². The van der Waals surface area contributed by atoms with Gasteiger partial charge < -0.3 is 10.5 Å². The van der Waals surface area contributed by atoms with Crippen molar-refractivity contribution in [2.45, 2.75) is 20.8 Å². The summed E-state index contributed by atoms with van der Waals surface area (Å²) in [7, 11) is 0.